The second-order valence-electron chi connectivity index (χ2n) is 5.71. The van der Waals surface area contributed by atoms with Crippen LogP contribution < -0.4 is 4.74 Å². The second kappa shape index (κ2) is 6.88. The number of nitrogens with zero attached hydrogens (tertiary/aromatic N) is 1. The van der Waals surface area contributed by atoms with Gasteiger partial charge in [-0.2, -0.15) is 0 Å². The Morgan fingerprint density at radius 3 is 2.76 bits per heavy atom. The molecule has 0 atom stereocenters. The van der Waals surface area contributed by atoms with Crippen molar-refractivity contribution < 1.29 is 28.2 Å². The highest BCUT2D eigenvalue weighted by atomic mass is 19.1. The van der Waals surface area contributed by atoms with Crippen molar-refractivity contribution >= 4 is 11.9 Å². The quantitative estimate of drug-likeness (QED) is 0.923. The number of benzene rings is 2. The van der Waals surface area contributed by atoms with Crippen molar-refractivity contribution in [3.05, 3.63) is 64.7 Å². The summed E-state index contributed by atoms with van der Waals surface area (Å²) in [6.07, 6.45) is 0.308. The third-order valence-electron chi connectivity index (χ3n) is 3.98. The van der Waals surface area contributed by atoms with Crippen molar-refractivity contribution in [3.63, 3.8) is 0 Å². The van der Waals surface area contributed by atoms with E-state index in [1.807, 2.05) is 0 Å². The van der Waals surface area contributed by atoms with Gasteiger partial charge in [0.1, 0.15) is 17.4 Å². The van der Waals surface area contributed by atoms with Crippen LogP contribution in [0.1, 0.15) is 21.5 Å². The summed E-state index contributed by atoms with van der Waals surface area (Å²) in [7, 11) is 0. The molecule has 1 N–H and O–H groups in total. The lowest BCUT2D eigenvalue weighted by Crippen LogP contribution is -2.36. The average Bonchev–Trinajstić information content (AvgIpc) is 2.59. The molecule has 0 saturated heterocycles. The van der Waals surface area contributed by atoms with Crippen LogP contribution in [0.3, 0.4) is 0 Å². The van der Waals surface area contributed by atoms with Crippen LogP contribution >= 0.6 is 0 Å². The molecule has 1 amide bonds. The Kier molecular flexibility index (Phi) is 4.65. The molecule has 130 valence electrons. The van der Waals surface area contributed by atoms with E-state index >= 15 is 0 Å². The molecular formula is C18H15F2NO4. The standard InChI is InChI=1S/C18H15F2NO4/c19-13-6-12-9-21(5-4-15(12)16(20)8-13)18(24)11-2-1-3-14(7-11)25-10-17(22)23/h1-3,6-8H,4-5,9-10H2,(H,22,23). The topological polar surface area (TPSA) is 66.8 Å². The molecular weight excluding hydrogens is 332 g/mol. The first-order valence-corrected chi connectivity index (χ1v) is 7.65. The number of hydrogen-bond donors (Lipinski definition) is 1. The number of carboxylic acid groups (broad SMARTS) is 1. The predicted octanol–water partition coefficient (Wildman–Crippen LogP) is 2.63. The highest BCUT2D eigenvalue weighted by Crippen LogP contribution is 2.25. The first kappa shape index (κ1) is 16.9. The molecule has 2 aromatic rings. The predicted molar refractivity (Wildman–Crippen MR) is 84.4 cm³/mol. The van der Waals surface area contributed by atoms with E-state index in [2.05, 4.69) is 0 Å². The van der Waals surface area contributed by atoms with Crippen molar-refractivity contribution in [2.24, 2.45) is 0 Å². The average molecular weight is 347 g/mol. The third kappa shape index (κ3) is 3.76. The van der Waals surface area contributed by atoms with Crippen LogP contribution in [0.25, 0.3) is 0 Å². The maximum atomic E-state index is 13.8. The molecule has 7 heteroatoms. The second-order valence-corrected chi connectivity index (χ2v) is 5.71. The highest BCUT2D eigenvalue weighted by molar-refractivity contribution is 5.94. The van der Waals surface area contributed by atoms with Crippen molar-refractivity contribution in [1.29, 1.82) is 0 Å². The summed E-state index contributed by atoms with van der Waals surface area (Å²) in [5.41, 5.74) is 1.21. The van der Waals surface area contributed by atoms with Gasteiger partial charge < -0.3 is 14.7 Å². The van der Waals surface area contributed by atoms with E-state index in [0.29, 0.717) is 29.7 Å². The van der Waals surface area contributed by atoms with E-state index < -0.39 is 24.2 Å². The Bertz CT molecular complexity index is 838. The smallest absolute Gasteiger partial charge is 0.341 e. The van der Waals surface area contributed by atoms with E-state index in [-0.39, 0.29) is 18.2 Å². The minimum Gasteiger partial charge on any atom is -0.482 e. The van der Waals surface area contributed by atoms with Crippen LogP contribution in [0.5, 0.6) is 5.75 Å². The lowest BCUT2D eigenvalue weighted by atomic mass is 9.98. The summed E-state index contributed by atoms with van der Waals surface area (Å²) in [5.74, 6) is -2.42. The molecule has 1 aliphatic rings. The summed E-state index contributed by atoms with van der Waals surface area (Å²) < 4.78 is 32.2. The van der Waals surface area contributed by atoms with Gasteiger partial charge in [-0.15, -0.1) is 0 Å². The largest absolute Gasteiger partial charge is 0.482 e. The molecule has 0 bridgehead atoms. The van der Waals surface area contributed by atoms with Gasteiger partial charge in [-0.25, -0.2) is 13.6 Å². The van der Waals surface area contributed by atoms with E-state index in [9.17, 15) is 18.4 Å². The molecule has 0 aliphatic carbocycles. The van der Waals surface area contributed by atoms with E-state index in [1.165, 1.54) is 17.0 Å². The van der Waals surface area contributed by atoms with Gasteiger partial charge in [-0.3, -0.25) is 4.79 Å². The molecule has 2 aromatic carbocycles. The van der Waals surface area contributed by atoms with Crippen molar-refractivity contribution in [2.75, 3.05) is 13.2 Å². The van der Waals surface area contributed by atoms with E-state index in [1.54, 1.807) is 18.2 Å². The Labute approximate surface area is 142 Å². The number of fused-ring (bicyclic) bond motifs is 1. The number of aliphatic carboxylic acids is 1. The highest BCUT2D eigenvalue weighted by Gasteiger charge is 2.24. The molecule has 5 nitrogen and oxygen atoms in total. The van der Waals surface area contributed by atoms with E-state index in [4.69, 9.17) is 9.84 Å². The van der Waals surface area contributed by atoms with Crippen LogP contribution in [0.4, 0.5) is 8.78 Å². The maximum absolute atomic E-state index is 13.8. The first-order chi connectivity index (χ1) is 11.9. The number of halogens is 2. The molecule has 0 fully saturated rings. The number of carboxylic acids is 1. The van der Waals surface area contributed by atoms with Gasteiger partial charge in [0.25, 0.3) is 5.91 Å². The molecule has 3 rings (SSSR count). The summed E-state index contributed by atoms with van der Waals surface area (Å²) >= 11 is 0. The molecule has 0 aromatic heterocycles. The molecule has 1 aliphatic heterocycles. The Morgan fingerprint density at radius 2 is 2.00 bits per heavy atom. The third-order valence-corrected chi connectivity index (χ3v) is 3.98. The summed E-state index contributed by atoms with van der Waals surface area (Å²) in [6.45, 7) is -0.0784. The zero-order chi connectivity index (χ0) is 18.0. The fourth-order valence-electron chi connectivity index (χ4n) is 2.83. The van der Waals surface area contributed by atoms with Gasteiger partial charge in [0, 0.05) is 24.7 Å². The summed E-state index contributed by atoms with van der Waals surface area (Å²) in [4.78, 5) is 24.7. The van der Waals surface area contributed by atoms with Gasteiger partial charge in [0.2, 0.25) is 0 Å². The van der Waals surface area contributed by atoms with Crippen LogP contribution in [-0.4, -0.2) is 35.0 Å². The van der Waals surface area contributed by atoms with E-state index in [0.717, 1.165) is 6.07 Å². The number of carbonyl (C=O) groups is 2. The number of amides is 1. The van der Waals surface area contributed by atoms with Crippen LogP contribution in [-0.2, 0) is 17.8 Å². The van der Waals surface area contributed by atoms with Crippen molar-refractivity contribution in [1.82, 2.24) is 4.90 Å². The van der Waals surface area contributed by atoms with Crippen LogP contribution in [0.2, 0.25) is 0 Å². The first-order valence-electron chi connectivity index (χ1n) is 7.65. The van der Waals surface area contributed by atoms with Gasteiger partial charge >= 0.3 is 5.97 Å². The number of hydrogen-bond acceptors (Lipinski definition) is 3. The zero-order valence-corrected chi connectivity index (χ0v) is 13.2. The van der Waals surface area contributed by atoms with Crippen molar-refractivity contribution in [3.8, 4) is 5.75 Å². The molecule has 25 heavy (non-hydrogen) atoms. The van der Waals surface area contributed by atoms with Crippen LogP contribution in [0, 0.1) is 11.6 Å². The fourth-order valence-corrected chi connectivity index (χ4v) is 2.83. The molecule has 0 unspecified atom stereocenters. The minimum absolute atomic E-state index is 0.114. The SMILES string of the molecule is O=C(O)COc1cccc(C(=O)N2CCc3c(F)cc(F)cc3C2)c1. The monoisotopic (exact) mass is 347 g/mol. The summed E-state index contributed by atoms with van der Waals surface area (Å²) in [6, 6.07) is 8.26. The van der Waals surface area contributed by atoms with Gasteiger partial charge in [-0.1, -0.05) is 6.07 Å². The van der Waals surface area contributed by atoms with Gasteiger partial charge in [0.05, 0.1) is 0 Å². The molecule has 0 saturated carbocycles. The normalized spacial score (nSPS) is 13.3. The number of carbonyl (C=O) groups excluding carboxylic acids is 1. The molecule has 1 heterocycles. The maximum Gasteiger partial charge on any atom is 0.341 e. The van der Waals surface area contributed by atoms with Gasteiger partial charge in [0.15, 0.2) is 6.61 Å². The minimum atomic E-state index is -1.12. The fraction of sp³-hybridized carbons (Fsp3) is 0.222. The number of rotatable bonds is 4. The van der Waals surface area contributed by atoms with Gasteiger partial charge in [-0.05, 0) is 41.8 Å². The number of ether oxygens (including phenoxy) is 1. The molecule has 0 radical (unpaired) electrons. The van der Waals surface area contributed by atoms with Crippen molar-refractivity contribution in [2.45, 2.75) is 13.0 Å². The Balaban J connectivity index is 1.78. The lowest BCUT2D eigenvalue weighted by molar-refractivity contribution is -0.139. The summed E-state index contributed by atoms with van der Waals surface area (Å²) in [5, 5.41) is 8.63. The lowest BCUT2D eigenvalue weighted by Gasteiger charge is -2.29. The Morgan fingerprint density at radius 1 is 1.20 bits per heavy atom. The zero-order valence-electron chi connectivity index (χ0n) is 13.2. The Hall–Kier alpha value is -2.96. The van der Waals surface area contributed by atoms with Crippen LogP contribution in [0.15, 0.2) is 36.4 Å². The molecule has 0 spiro atoms.